The monoisotopic (exact) mass is 546 g/mol. The van der Waals surface area contributed by atoms with E-state index in [1.807, 2.05) is 52.0 Å². The number of esters is 4. The number of carbonyl (C=O) groups excluding carboxylic acids is 4. The molecular weight excluding hydrogens is 516 g/mol. The molecule has 0 fully saturated rings. The van der Waals surface area contributed by atoms with Crippen LogP contribution in [0, 0.1) is 0 Å². The maximum Gasteiger partial charge on any atom is 0.346 e. The number of fused-ring (bicyclic) bond motifs is 11. The summed E-state index contributed by atoms with van der Waals surface area (Å²) in [4.78, 5) is 50.0. The summed E-state index contributed by atoms with van der Waals surface area (Å²) in [7, 11) is 0. The van der Waals surface area contributed by atoms with Crippen molar-refractivity contribution in [2.75, 3.05) is 0 Å². The van der Waals surface area contributed by atoms with Gasteiger partial charge in [-0.1, -0.05) is 83.7 Å². The second-order valence-corrected chi connectivity index (χ2v) is 9.48. The average molecular weight is 547 g/mol. The van der Waals surface area contributed by atoms with Crippen molar-refractivity contribution in [3.05, 3.63) is 128 Å². The molecule has 1 spiro atoms. The van der Waals surface area contributed by atoms with E-state index >= 15 is 0 Å². The Morgan fingerprint density at radius 3 is 1.22 bits per heavy atom. The number of rotatable bonds is 0. The molecule has 4 aliphatic rings. The van der Waals surface area contributed by atoms with Crippen LogP contribution in [0.3, 0.4) is 0 Å². The third-order valence-corrected chi connectivity index (χ3v) is 7.88. The van der Waals surface area contributed by atoms with Gasteiger partial charge in [0.15, 0.2) is 0 Å². The standard InChI is InChI=1S/C30H14O6.2C2H6.CH4/c31-26-18-10-14-9-15-11-19-21(29(34)36-27(19)32)13-25(15)30(24(14)12-20(18)28(33)35-26)22-7-3-1-5-16(22)17-6-2-4-8-23(17)30;2*1-2;/h1-8,10-13H,9H2;2*1-2H3;1H4. The first kappa shape index (κ1) is 27.7. The van der Waals surface area contributed by atoms with Gasteiger partial charge in [-0.2, -0.15) is 0 Å². The quantitative estimate of drug-likeness (QED) is 0.147. The number of carbonyl (C=O) groups is 4. The van der Waals surface area contributed by atoms with E-state index in [4.69, 9.17) is 9.47 Å². The maximum absolute atomic E-state index is 12.6. The van der Waals surface area contributed by atoms with Crippen LogP contribution in [-0.2, 0) is 21.3 Å². The van der Waals surface area contributed by atoms with E-state index in [0.29, 0.717) is 6.42 Å². The van der Waals surface area contributed by atoms with Crippen molar-refractivity contribution in [3.8, 4) is 11.1 Å². The molecule has 206 valence electrons. The van der Waals surface area contributed by atoms with Gasteiger partial charge < -0.3 is 9.47 Å². The summed E-state index contributed by atoms with van der Waals surface area (Å²) in [5.41, 5.74) is 7.62. The van der Waals surface area contributed by atoms with Crippen LogP contribution in [0.25, 0.3) is 11.1 Å². The molecule has 0 atom stereocenters. The van der Waals surface area contributed by atoms with Gasteiger partial charge in [-0.15, -0.1) is 0 Å². The molecule has 6 heteroatoms. The van der Waals surface area contributed by atoms with Gasteiger partial charge >= 0.3 is 23.9 Å². The maximum atomic E-state index is 12.6. The topological polar surface area (TPSA) is 86.7 Å². The van der Waals surface area contributed by atoms with E-state index in [1.165, 1.54) is 0 Å². The minimum atomic E-state index is -0.863. The molecule has 0 bridgehead atoms. The van der Waals surface area contributed by atoms with E-state index in [0.717, 1.165) is 44.5 Å². The molecule has 0 aromatic heterocycles. The van der Waals surface area contributed by atoms with E-state index < -0.39 is 29.3 Å². The molecule has 4 aromatic carbocycles. The van der Waals surface area contributed by atoms with Crippen LogP contribution in [-0.4, -0.2) is 23.9 Å². The lowest BCUT2D eigenvalue weighted by Crippen LogP contribution is -2.35. The second kappa shape index (κ2) is 9.97. The molecule has 2 heterocycles. The fourth-order valence-electron chi connectivity index (χ4n) is 6.51. The van der Waals surface area contributed by atoms with Crippen LogP contribution < -0.4 is 0 Å². The molecule has 0 saturated heterocycles. The van der Waals surface area contributed by atoms with Crippen LogP contribution in [0.5, 0.6) is 0 Å². The molecule has 0 radical (unpaired) electrons. The molecule has 0 N–H and O–H groups in total. The molecule has 0 saturated carbocycles. The van der Waals surface area contributed by atoms with Gasteiger partial charge in [-0.3, -0.25) is 0 Å². The second-order valence-electron chi connectivity index (χ2n) is 9.48. The Balaban J connectivity index is 0.000000649. The van der Waals surface area contributed by atoms with Crippen LogP contribution >= 0.6 is 0 Å². The minimum Gasteiger partial charge on any atom is -0.386 e. The van der Waals surface area contributed by atoms with Crippen molar-refractivity contribution in [1.82, 2.24) is 0 Å². The molecule has 2 aliphatic heterocycles. The van der Waals surface area contributed by atoms with E-state index in [1.54, 1.807) is 24.3 Å². The summed E-state index contributed by atoms with van der Waals surface area (Å²) >= 11 is 0. The highest BCUT2D eigenvalue weighted by Crippen LogP contribution is 2.60. The van der Waals surface area contributed by atoms with Crippen molar-refractivity contribution in [2.45, 2.75) is 47.0 Å². The lowest BCUT2D eigenvalue weighted by atomic mass is 9.60. The third kappa shape index (κ3) is 3.50. The number of hydrogen-bond donors (Lipinski definition) is 0. The summed E-state index contributed by atoms with van der Waals surface area (Å²) in [5, 5.41) is 0. The first-order valence-corrected chi connectivity index (χ1v) is 13.6. The normalized spacial score (nSPS) is 15.3. The van der Waals surface area contributed by atoms with Crippen LogP contribution in [0.15, 0.2) is 72.8 Å². The zero-order chi connectivity index (χ0) is 28.3. The van der Waals surface area contributed by atoms with Crippen LogP contribution in [0.2, 0.25) is 0 Å². The lowest BCUT2D eigenvalue weighted by Gasteiger charge is -2.40. The van der Waals surface area contributed by atoms with Crippen LogP contribution in [0.4, 0.5) is 0 Å². The predicted molar refractivity (Wildman–Crippen MR) is 155 cm³/mol. The Labute approximate surface area is 238 Å². The fourth-order valence-corrected chi connectivity index (χ4v) is 6.51. The highest BCUT2D eigenvalue weighted by Gasteiger charge is 2.52. The fraction of sp³-hybridized carbons (Fsp3) is 0.200. The molecule has 0 amide bonds. The van der Waals surface area contributed by atoms with Crippen molar-refractivity contribution in [3.63, 3.8) is 0 Å². The minimum absolute atomic E-state index is 0. The largest absolute Gasteiger partial charge is 0.386 e. The molecule has 2 aliphatic carbocycles. The average Bonchev–Trinajstić information content (AvgIpc) is 3.55. The molecule has 41 heavy (non-hydrogen) atoms. The van der Waals surface area contributed by atoms with Crippen molar-refractivity contribution < 1.29 is 28.7 Å². The summed E-state index contributed by atoms with van der Waals surface area (Å²) in [6.07, 6.45) is 0.417. The molecule has 4 aromatic rings. The highest BCUT2D eigenvalue weighted by atomic mass is 16.6. The van der Waals surface area contributed by atoms with Crippen LogP contribution in [0.1, 0.15) is 110 Å². The smallest absolute Gasteiger partial charge is 0.346 e. The Bertz CT molecular complexity index is 1660. The molecule has 8 rings (SSSR count). The number of ether oxygens (including phenoxy) is 2. The van der Waals surface area contributed by atoms with Gasteiger partial charge in [0, 0.05) is 0 Å². The first-order valence-electron chi connectivity index (χ1n) is 13.6. The Morgan fingerprint density at radius 2 is 0.829 bits per heavy atom. The predicted octanol–water partition coefficient (Wildman–Crippen LogP) is 7.26. The van der Waals surface area contributed by atoms with E-state index in [-0.39, 0.29) is 29.7 Å². The Kier molecular flexibility index (Phi) is 6.74. The van der Waals surface area contributed by atoms with Gasteiger partial charge in [-0.25, -0.2) is 19.2 Å². The highest BCUT2D eigenvalue weighted by molar-refractivity contribution is 6.16. The molecular formula is C35H30O6. The lowest BCUT2D eigenvalue weighted by molar-refractivity contribution is 0.0425. The number of benzene rings is 4. The Hall–Kier alpha value is -4.84. The van der Waals surface area contributed by atoms with E-state index in [9.17, 15) is 19.2 Å². The van der Waals surface area contributed by atoms with Gasteiger partial charge in [0.1, 0.15) is 0 Å². The van der Waals surface area contributed by atoms with Gasteiger partial charge in [0.25, 0.3) is 0 Å². The van der Waals surface area contributed by atoms with Crippen molar-refractivity contribution in [1.29, 1.82) is 0 Å². The van der Waals surface area contributed by atoms with Gasteiger partial charge in [0.2, 0.25) is 0 Å². The Morgan fingerprint density at radius 1 is 0.488 bits per heavy atom. The molecule has 6 nitrogen and oxygen atoms in total. The van der Waals surface area contributed by atoms with Gasteiger partial charge in [-0.05, 0) is 75.2 Å². The third-order valence-electron chi connectivity index (χ3n) is 7.88. The first-order chi connectivity index (χ1) is 19.5. The zero-order valence-corrected chi connectivity index (χ0v) is 22.6. The zero-order valence-electron chi connectivity index (χ0n) is 22.6. The SMILES string of the molecule is C.CC.CC.O=C1OC(=O)c2cc3c(cc21)Cc1cc2c(cc1C31c3ccccc3-c3ccccc31)C(=O)OC2=O. The summed E-state index contributed by atoms with van der Waals surface area (Å²) in [5.74, 6) is -2.65. The number of cyclic esters (lactones) is 4. The van der Waals surface area contributed by atoms with E-state index in [2.05, 4.69) is 24.3 Å². The summed E-state index contributed by atoms with van der Waals surface area (Å²) in [6, 6.07) is 23.2. The number of hydrogen-bond acceptors (Lipinski definition) is 6. The summed E-state index contributed by atoms with van der Waals surface area (Å²) in [6.45, 7) is 8.00. The summed E-state index contributed by atoms with van der Waals surface area (Å²) < 4.78 is 9.85. The van der Waals surface area contributed by atoms with Crippen molar-refractivity contribution >= 4 is 23.9 Å². The molecule has 0 unspecified atom stereocenters. The van der Waals surface area contributed by atoms with Crippen molar-refractivity contribution in [2.24, 2.45) is 0 Å². The van der Waals surface area contributed by atoms with Gasteiger partial charge in [0.05, 0.1) is 27.7 Å².